The molecule has 152 valence electrons. The number of nitrogens with one attached hydrogen (secondary N) is 1. The summed E-state index contributed by atoms with van der Waals surface area (Å²) in [6.45, 7) is 4.98. The number of hydrogen-bond acceptors (Lipinski definition) is 5. The average Bonchev–Trinajstić information content (AvgIpc) is 2.70. The van der Waals surface area contributed by atoms with E-state index in [4.69, 9.17) is 0 Å². The first-order chi connectivity index (χ1) is 13.9. The van der Waals surface area contributed by atoms with Crippen molar-refractivity contribution in [3.8, 4) is 0 Å². The highest BCUT2D eigenvalue weighted by molar-refractivity contribution is 5.75. The largest absolute Gasteiger partial charge is 0.368 e. The van der Waals surface area contributed by atoms with E-state index in [9.17, 15) is 18.0 Å². The number of aromatic nitrogens is 3. The number of hydrogen-bond donors (Lipinski definition) is 1. The number of anilines is 1. The van der Waals surface area contributed by atoms with Crippen molar-refractivity contribution in [1.29, 1.82) is 0 Å². The number of benzene rings is 1. The number of fused-ring (bicyclic) bond motifs is 1. The Labute approximate surface area is 165 Å². The first-order valence-electron chi connectivity index (χ1n) is 9.31. The molecule has 0 aliphatic carbocycles. The molecule has 0 saturated carbocycles. The third-order valence-electron chi connectivity index (χ3n) is 5.12. The minimum atomic E-state index is -2.57. The first kappa shape index (κ1) is 19.4. The highest BCUT2D eigenvalue weighted by atomic mass is 19.3. The van der Waals surface area contributed by atoms with Crippen molar-refractivity contribution in [1.82, 2.24) is 19.9 Å². The normalized spacial score (nSPS) is 15.4. The fourth-order valence-electron chi connectivity index (χ4n) is 3.52. The van der Waals surface area contributed by atoms with Crippen LogP contribution in [0.1, 0.15) is 23.4 Å². The smallest absolute Gasteiger partial charge is 0.280 e. The Balaban J connectivity index is 1.43. The predicted octanol–water partition coefficient (Wildman–Crippen LogP) is 3.03. The van der Waals surface area contributed by atoms with Crippen molar-refractivity contribution >= 4 is 16.7 Å². The molecule has 2 aromatic heterocycles. The monoisotopic (exact) mass is 403 g/mol. The third-order valence-corrected chi connectivity index (χ3v) is 5.12. The SMILES string of the molecule is Cc1nc2c(F)cc(CN3CCN(c4ccc(C(F)F)nc4)CC3)cc2[nH]c1=O. The molecule has 3 aromatic rings. The average molecular weight is 403 g/mol. The Morgan fingerprint density at radius 3 is 2.59 bits per heavy atom. The number of pyridine rings is 1. The molecule has 1 aliphatic heterocycles. The molecule has 1 saturated heterocycles. The van der Waals surface area contributed by atoms with Gasteiger partial charge in [0.15, 0.2) is 5.82 Å². The molecule has 1 aromatic carbocycles. The summed E-state index contributed by atoms with van der Waals surface area (Å²) in [5.74, 6) is -0.458. The minimum absolute atomic E-state index is 0.162. The van der Waals surface area contributed by atoms with Crippen molar-refractivity contribution in [3.63, 3.8) is 0 Å². The fourth-order valence-corrected chi connectivity index (χ4v) is 3.52. The first-order valence-corrected chi connectivity index (χ1v) is 9.31. The molecule has 0 atom stereocenters. The van der Waals surface area contributed by atoms with Gasteiger partial charge in [-0.1, -0.05) is 0 Å². The summed E-state index contributed by atoms with van der Waals surface area (Å²) in [5, 5.41) is 0. The maximum atomic E-state index is 14.4. The van der Waals surface area contributed by atoms with Crippen LogP contribution in [0, 0.1) is 12.7 Å². The Morgan fingerprint density at radius 1 is 1.17 bits per heavy atom. The van der Waals surface area contributed by atoms with Crippen molar-refractivity contribution in [2.75, 3.05) is 31.1 Å². The van der Waals surface area contributed by atoms with Crippen LogP contribution in [0.3, 0.4) is 0 Å². The van der Waals surface area contributed by atoms with E-state index in [1.165, 1.54) is 18.3 Å². The standard InChI is InChI=1S/C20H20F3N5O/c1-12-20(29)26-17-9-13(8-15(21)18(17)25-12)11-27-4-6-28(7-5-27)14-2-3-16(19(22)23)24-10-14/h2-3,8-10,19H,4-7,11H2,1H3,(H,26,29). The number of H-pyrrole nitrogens is 1. The molecule has 9 heteroatoms. The van der Waals surface area contributed by atoms with Crippen LogP contribution in [0.4, 0.5) is 18.9 Å². The second-order valence-electron chi connectivity index (χ2n) is 7.13. The lowest BCUT2D eigenvalue weighted by molar-refractivity contribution is 0.146. The Morgan fingerprint density at radius 2 is 1.93 bits per heavy atom. The van der Waals surface area contributed by atoms with E-state index in [-0.39, 0.29) is 22.5 Å². The maximum Gasteiger partial charge on any atom is 0.280 e. The van der Waals surface area contributed by atoms with Gasteiger partial charge in [-0.2, -0.15) is 0 Å². The quantitative estimate of drug-likeness (QED) is 0.726. The molecule has 1 aliphatic rings. The van der Waals surface area contributed by atoms with Gasteiger partial charge in [0.25, 0.3) is 12.0 Å². The van der Waals surface area contributed by atoms with E-state index in [1.807, 2.05) is 0 Å². The molecular formula is C20H20F3N5O. The molecule has 0 unspecified atom stereocenters. The van der Waals surface area contributed by atoms with Crippen LogP contribution in [0.25, 0.3) is 11.0 Å². The van der Waals surface area contributed by atoms with Gasteiger partial charge in [-0.3, -0.25) is 14.7 Å². The van der Waals surface area contributed by atoms with Gasteiger partial charge in [0.2, 0.25) is 0 Å². The summed E-state index contributed by atoms with van der Waals surface area (Å²) in [7, 11) is 0. The molecule has 0 amide bonds. The van der Waals surface area contributed by atoms with Crippen LogP contribution < -0.4 is 10.5 Å². The van der Waals surface area contributed by atoms with Crippen LogP contribution >= 0.6 is 0 Å². The zero-order chi connectivity index (χ0) is 20.5. The van der Waals surface area contributed by atoms with Crippen molar-refractivity contribution in [3.05, 3.63) is 63.6 Å². The molecule has 29 heavy (non-hydrogen) atoms. The van der Waals surface area contributed by atoms with Crippen molar-refractivity contribution in [2.45, 2.75) is 19.9 Å². The van der Waals surface area contributed by atoms with E-state index in [2.05, 4.69) is 24.8 Å². The van der Waals surface area contributed by atoms with Gasteiger partial charge in [-0.05, 0) is 36.8 Å². The molecule has 6 nitrogen and oxygen atoms in total. The predicted molar refractivity (Wildman–Crippen MR) is 104 cm³/mol. The molecule has 1 fully saturated rings. The van der Waals surface area contributed by atoms with Gasteiger partial charge in [0.1, 0.15) is 16.9 Å². The molecule has 0 bridgehead atoms. The maximum absolute atomic E-state index is 14.4. The minimum Gasteiger partial charge on any atom is -0.368 e. The number of nitrogens with zero attached hydrogens (tertiary/aromatic N) is 4. The van der Waals surface area contributed by atoms with Crippen LogP contribution in [0.2, 0.25) is 0 Å². The van der Waals surface area contributed by atoms with Crippen molar-refractivity contribution in [2.24, 2.45) is 0 Å². The van der Waals surface area contributed by atoms with Crippen LogP contribution in [-0.4, -0.2) is 46.0 Å². The zero-order valence-electron chi connectivity index (χ0n) is 15.8. The number of aromatic amines is 1. The molecule has 0 spiro atoms. The van der Waals surface area contributed by atoms with Gasteiger partial charge in [0, 0.05) is 32.7 Å². The summed E-state index contributed by atoms with van der Waals surface area (Å²) in [6, 6.07) is 6.22. The molecular weight excluding hydrogens is 383 g/mol. The molecule has 0 radical (unpaired) electrons. The van der Waals surface area contributed by atoms with Crippen LogP contribution in [0.5, 0.6) is 0 Å². The number of piperazine rings is 1. The highest BCUT2D eigenvalue weighted by Crippen LogP contribution is 2.22. The number of aryl methyl sites for hydroxylation is 1. The Kier molecular flexibility index (Phi) is 5.23. The van der Waals surface area contributed by atoms with E-state index in [0.29, 0.717) is 25.2 Å². The lowest BCUT2D eigenvalue weighted by Crippen LogP contribution is -2.46. The van der Waals surface area contributed by atoms with E-state index in [1.54, 1.807) is 19.1 Å². The van der Waals surface area contributed by atoms with Gasteiger partial charge >= 0.3 is 0 Å². The van der Waals surface area contributed by atoms with Crippen LogP contribution in [0.15, 0.2) is 35.3 Å². The Bertz CT molecular complexity index is 1080. The lowest BCUT2D eigenvalue weighted by Gasteiger charge is -2.36. The summed E-state index contributed by atoms with van der Waals surface area (Å²) >= 11 is 0. The van der Waals surface area contributed by atoms with E-state index < -0.39 is 12.2 Å². The fraction of sp³-hybridized carbons (Fsp3) is 0.350. The molecule has 4 rings (SSSR count). The van der Waals surface area contributed by atoms with Gasteiger partial charge in [-0.15, -0.1) is 0 Å². The van der Waals surface area contributed by atoms with E-state index in [0.717, 1.165) is 24.3 Å². The van der Waals surface area contributed by atoms with Crippen molar-refractivity contribution < 1.29 is 13.2 Å². The second-order valence-corrected chi connectivity index (χ2v) is 7.13. The summed E-state index contributed by atoms with van der Waals surface area (Å²) in [4.78, 5) is 26.6. The summed E-state index contributed by atoms with van der Waals surface area (Å²) in [6.07, 6.45) is -1.10. The lowest BCUT2D eigenvalue weighted by atomic mass is 10.1. The topological polar surface area (TPSA) is 65.1 Å². The highest BCUT2D eigenvalue weighted by Gasteiger charge is 2.19. The number of alkyl halides is 2. The molecule has 3 heterocycles. The van der Waals surface area contributed by atoms with Gasteiger partial charge < -0.3 is 9.88 Å². The van der Waals surface area contributed by atoms with E-state index >= 15 is 0 Å². The number of halogens is 3. The molecule has 1 N–H and O–H groups in total. The summed E-state index contributed by atoms with van der Waals surface area (Å²) < 4.78 is 39.7. The zero-order valence-corrected chi connectivity index (χ0v) is 15.8. The number of rotatable bonds is 4. The van der Waals surface area contributed by atoms with Gasteiger partial charge in [-0.25, -0.2) is 18.2 Å². The second kappa shape index (κ2) is 7.82. The van der Waals surface area contributed by atoms with Crippen LogP contribution in [-0.2, 0) is 6.54 Å². The third kappa shape index (κ3) is 4.09. The summed E-state index contributed by atoms with van der Waals surface area (Å²) in [5.41, 5.74) is 1.80. The van der Waals surface area contributed by atoms with Gasteiger partial charge in [0.05, 0.1) is 17.4 Å². The Hall–Kier alpha value is -2.94.